The molecule has 3 rings (SSSR count). The number of amides is 3. The van der Waals surface area contributed by atoms with Crippen LogP contribution >= 0.6 is 11.6 Å². The third-order valence-corrected chi connectivity index (χ3v) is 6.01. The largest absolute Gasteiger partial charge is 0.478 e. The smallest absolute Gasteiger partial charge is 0.327 e. The molecule has 0 saturated carbocycles. The van der Waals surface area contributed by atoms with Gasteiger partial charge < -0.3 is 25.1 Å². The number of nitrogen functional groups attached to an aromatic ring is 1. The summed E-state index contributed by atoms with van der Waals surface area (Å²) >= 11 is 5.96. The molecule has 3 aromatic rings. The molecule has 1 unspecified atom stereocenters. The van der Waals surface area contributed by atoms with Crippen molar-refractivity contribution in [2.75, 3.05) is 30.8 Å². The SMILES string of the molecule is CCOC(=O)CN(NC(=O)C(C)n1cccc(NC(=O)c2ccc(N)c(Cl)c2)c1=O)C(=O)COc1c(F)cccc1F. The van der Waals surface area contributed by atoms with Gasteiger partial charge in [-0.1, -0.05) is 17.7 Å². The molecule has 0 aliphatic heterocycles. The van der Waals surface area contributed by atoms with Crippen molar-refractivity contribution >= 4 is 46.7 Å². The molecule has 3 amide bonds. The number of esters is 1. The second-order valence-corrected chi connectivity index (χ2v) is 9.01. The zero-order valence-corrected chi connectivity index (χ0v) is 23.1. The fourth-order valence-corrected chi connectivity index (χ4v) is 3.66. The fourth-order valence-electron chi connectivity index (χ4n) is 3.48. The van der Waals surface area contributed by atoms with Crippen LogP contribution in [0.1, 0.15) is 30.2 Å². The summed E-state index contributed by atoms with van der Waals surface area (Å²) in [6.45, 7) is 1.08. The molecular formula is C27H26ClF2N5O7. The molecule has 0 aliphatic carbocycles. The number of pyridine rings is 1. The van der Waals surface area contributed by atoms with Gasteiger partial charge in [0, 0.05) is 11.8 Å². The van der Waals surface area contributed by atoms with E-state index in [2.05, 4.69) is 10.7 Å². The van der Waals surface area contributed by atoms with Crippen LogP contribution in [0.25, 0.3) is 0 Å². The van der Waals surface area contributed by atoms with Crippen LogP contribution in [-0.4, -0.2) is 53.0 Å². The second kappa shape index (κ2) is 14.1. The van der Waals surface area contributed by atoms with Crippen molar-refractivity contribution in [3.05, 3.63) is 87.3 Å². The van der Waals surface area contributed by atoms with Crippen LogP contribution in [0.5, 0.6) is 5.75 Å². The zero-order chi connectivity index (χ0) is 31.0. The summed E-state index contributed by atoms with van der Waals surface area (Å²) in [7, 11) is 0. The molecule has 0 aliphatic rings. The van der Waals surface area contributed by atoms with Crippen molar-refractivity contribution in [1.82, 2.24) is 15.0 Å². The number of para-hydroxylation sites is 1. The average Bonchev–Trinajstić information content (AvgIpc) is 2.94. The molecule has 0 saturated heterocycles. The molecule has 1 heterocycles. The minimum absolute atomic E-state index is 0.0291. The number of hydrogen-bond acceptors (Lipinski definition) is 8. The molecule has 0 radical (unpaired) electrons. The standard InChI is InChI=1S/C27H26ClF2N5O7/c1-3-41-23(37)13-35(22(36)14-42-24-18(29)6-4-7-19(24)30)33-25(38)15(2)34-11-5-8-21(27(34)40)32-26(39)16-9-10-20(31)17(28)12-16/h4-12,15H,3,13-14,31H2,1-2H3,(H,32,39)(H,33,38). The molecule has 2 aromatic carbocycles. The molecule has 12 nitrogen and oxygen atoms in total. The molecule has 1 atom stereocenters. The first-order chi connectivity index (χ1) is 19.9. The van der Waals surface area contributed by atoms with Crippen molar-refractivity contribution in [1.29, 1.82) is 0 Å². The third-order valence-electron chi connectivity index (χ3n) is 5.68. The Kier molecular flexibility index (Phi) is 10.6. The number of nitrogens with two attached hydrogens (primary N) is 1. The van der Waals surface area contributed by atoms with E-state index in [0.29, 0.717) is 5.01 Å². The lowest BCUT2D eigenvalue weighted by Crippen LogP contribution is -2.52. The summed E-state index contributed by atoms with van der Waals surface area (Å²) < 4.78 is 38.5. The van der Waals surface area contributed by atoms with Gasteiger partial charge in [-0.3, -0.25) is 29.4 Å². The number of carbonyl (C=O) groups is 4. The van der Waals surface area contributed by atoms with E-state index in [9.17, 15) is 32.8 Å². The molecule has 222 valence electrons. The number of nitrogens with one attached hydrogen (secondary N) is 2. The highest BCUT2D eigenvalue weighted by atomic mass is 35.5. The van der Waals surface area contributed by atoms with E-state index in [-0.39, 0.29) is 28.6 Å². The Morgan fingerprint density at radius 1 is 1.10 bits per heavy atom. The summed E-state index contributed by atoms with van der Waals surface area (Å²) in [6, 6.07) is 8.53. The maximum Gasteiger partial charge on any atom is 0.327 e. The first-order valence-electron chi connectivity index (χ1n) is 12.3. The number of rotatable bonds is 10. The summed E-state index contributed by atoms with van der Waals surface area (Å²) in [6.07, 6.45) is 1.27. The Morgan fingerprint density at radius 2 is 1.79 bits per heavy atom. The van der Waals surface area contributed by atoms with Gasteiger partial charge in [-0.2, -0.15) is 0 Å². The highest BCUT2D eigenvalue weighted by molar-refractivity contribution is 6.33. The van der Waals surface area contributed by atoms with Gasteiger partial charge in [-0.25, -0.2) is 13.8 Å². The third kappa shape index (κ3) is 7.81. The lowest BCUT2D eigenvalue weighted by Gasteiger charge is -2.25. The summed E-state index contributed by atoms with van der Waals surface area (Å²) in [5.41, 5.74) is 7.30. The molecular weight excluding hydrogens is 580 g/mol. The van der Waals surface area contributed by atoms with Gasteiger partial charge in [0.1, 0.15) is 18.3 Å². The minimum atomic E-state index is -1.28. The Labute approximate surface area is 242 Å². The average molecular weight is 606 g/mol. The van der Waals surface area contributed by atoms with E-state index in [1.807, 2.05) is 0 Å². The molecule has 0 spiro atoms. The molecule has 0 fully saturated rings. The van der Waals surface area contributed by atoms with E-state index in [1.165, 1.54) is 50.4 Å². The van der Waals surface area contributed by atoms with Gasteiger partial charge in [0.25, 0.3) is 23.3 Å². The summed E-state index contributed by atoms with van der Waals surface area (Å²) in [5.74, 6) is -6.51. The Balaban J connectivity index is 1.77. The molecule has 15 heteroatoms. The number of carbonyl (C=O) groups excluding carboxylic acids is 4. The number of ether oxygens (including phenoxy) is 2. The summed E-state index contributed by atoms with van der Waals surface area (Å²) in [4.78, 5) is 63.7. The van der Waals surface area contributed by atoms with Crippen molar-refractivity contribution in [3.8, 4) is 5.75 Å². The van der Waals surface area contributed by atoms with Crippen LogP contribution in [0, 0.1) is 11.6 Å². The van der Waals surface area contributed by atoms with E-state index in [4.69, 9.17) is 26.8 Å². The number of halogens is 3. The molecule has 1 aromatic heterocycles. The highest BCUT2D eigenvalue weighted by Gasteiger charge is 2.26. The minimum Gasteiger partial charge on any atom is -0.478 e. The predicted octanol–water partition coefficient (Wildman–Crippen LogP) is 2.68. The van der Waals surface area contributed by atoms with Crippen LogP contribution in [0.3, 0.4) is 0 Å². The van der Waals surface area contributed by atoms with Crippen LogP contribution in [0.4, 0.5) is 20.2 Å². The first-order valence-corrected chi connectivity index (χ1v) is 12.7. The highest BCUT2D eigenvalue weighted by Crippen LogP contribution is 2.21. The van der Waals surface area contributed by atoms with Crippen LogP contribution in [0.15, 0.2) is 59.5 Å². The maximum absolute atomic E-state index is 13.9. The zero-order valence-electron chi connectivity index (χ0n) is 22.4. The van der Waals surface area contributed by atoms with Gasteiger partial charge in [0.2, 0.25) is 0 Å². The van der Waals surface area contributed by atoms with Crippen LogP contribution < -0.4 is 26.8 Å². The maximum atomic E-state index is 13.9. The first kappa shape index (κ1) is 31.5. The Hall–Kier alpha value is -4.98. The molecule has 42 heavy (non-hydrogen) atoms. The Bertz CT molecular complexity index is 1550. The van der Waals surface area contributed by atoms with Crippen molar-refractivity contribution in [2.45, 2.75) is 19.9 Å². The molecule has 4 N–H and O–H groups in total. The number of nitrogens with zero attached hydrogens (tertiary/aromatic N) is 2. The van der Waals surface area contributed by atoms with Gasteiger partial charge in [-0.15, -0.1) is 0 Å². The lowest BCUT2D eigenvalue weighted by atomic mass is 10.2. The van der Waals surface area contributed by atoms with Gasteiger partial charge in [-0.05, 0) is 56.3 Å². The quantitative estimate of drug-likeness (QED) is 0.180. The number of benzene rings is 2. The van der Waals surface area contributed by atoms with Crippen molar-refractivity contribution in [3.63, 3.8) is 0 Å². The van der Waals surface area contributed by atoms with E-state index >= 15 is 0 Å². The van der Waals surface area contributed by atoms with Crippen LogP contribution in [-0.2, 0) is 19.1 Å². The topological polar surface area (TPSA) is 162 Å². The van der Waals surface area contributed by atoms with Gasteiger partial charge >= 0.3 is 5.97 Å². The lowest BCUT2D eigenvalue weighted by molar-refractivity contribution is -0.154. The van der Waals surface area contributed by atoms with Crippen LogP contribution in [0.2, 0.25) is 5.02 Å². The number of anilines is 2. The predicted molar refractivity (Wildman–Crippen MR) is 148 cm³/mol. The van der Waals surface area contributed by atoms with Crippen molar-refractivity contribution < 1.29 is 37.4 Å². The number of hydrazine groups is 1. The second-order valence-electron chi connectivity index (χ2n) is 8.60. The van der Waals surface area contributed by atoms with E-state index in [1.54, 1.807) is 0 Å². The van der Waals surface area contributed by atoms with Gasteiger partial charge in [0.15, 0.2) is 24.0 Å². The number of aromatic nitrogens is 1. The monoisotopic (exact) mass is 605 g/mol. The van der Waals surface area contributed by atoms with Crippen molar-refractivity contribution in [2.24, 2.45) is 0 Å². The van der Waals surface area contributed by atoms with Gasteiger partial charge in [0.05, 0.1) is 17.3 Å². The fraction of sp³-hybridized carbons (Fsp3) is 0.222. The van der Waals surface area contributed by atoms with E-state index < -0.39 is 65.8 Å². The summed E-state index contributed by atoms with van der Waals surface area (Å²) in [5, 5.41) is 3.12. The number of hydrogen-bond donors (Lipinski definition) is 3. The Morgan fingerprint density at radius 3 is 2.43 bits per heavy atom. The normalized spacial score (nSPS) is 11.3. The van der Waals surface area contributed by atoms with E-state index in [0.717, 1.165) is 22.8 Å². The molecule has 0 bridgehead atoms.